The summed E-state index contributed by atoms with van der Waals surface area (Å²) < 4.78 is 22.6. The van der Waals surface area contributed by atoms with Gasteiger partial charge < -0.3 is 14.6 Å². The molecular weight excluding hydrogens is 291 g/mol. The van der Waals surface area contributed by atoms with E-state index in [1.165, 1.54) is 24.3 Å². The minimum absolute atomic E-state index is 0.247. The molecule has 1 aromatic carbocycles. The van der Waals surface area contributed by atoms with Crippen LogP contribution in [0.5, 0.6) is 0 Å². The number of benzene rings is 1. The fourth-order valence-corrected chi connectivity index (χ4v) is 1.85. The predicted molar refractivity (Wildman–Crippen MR) is 75.9 cm³/mol. The Kier molecular flexibility index (Phi) is 4.88. The topological polar surface area (TPSA) is 81.4 Å². The minimum Gasteiger partial charge on any atom is -0.452 e. The Morgan fingerprint density at radius 2 is 2.00 bits per heavy atom. The second-order valence-electron chi connectivity index (χ2n) is 4.55. The standard InChI is InChI=1S/C15H15FN2O4/c1-3-12-14(9(2)22-18-12)15(20)21-8-13(19)17-11-6-4-10(16)5-7-11/h4-7H,3,8H2,1-2H3,(H,17,19). The summed E-state index contributed by atoms with van der Waals surface area (Å²) in [7, 11) is 0. The Balaban J connectivity index is 1.92. The van der Waals surface area contributed by atoms with Crippen LogP contribution in [0.1, 0.15) is 28.7 Å². The van der Waals surface area contributed by atoms with E-state index in [0.717, 1.165) is 0 Å². The summed E-state index contributed by atoms with van der Waals surface area (Å²) in [5, 5.41) is 6.24. The zero-order valence-corrected chi connectivity index (χ0v) is 12.2. The lowest BCUT2D eigenvalue weighted by Crippen LogP contribution is -2.21. The summed E-state index contributed by atoms with van der Waals surface area (Å²) in [6.45, 7) is 2.97. The average Bonchev–Trinajstić information content (AvgIpc) is 2.88. The highest BCUT2D eigenvalue weighted by molar-refractivity contribution is 5.96. The second kappa shape index (κ2) is 6.84. The number of amides is 1. The molecule has 0 atom stereocenters. The van der Waals surface area contributed by atoms with E-state index < -0.39 is 24.3 Å². The van der Waals surface area contributed by atoms with Gasteiger partial charge in [-0.3, -0.25) is 4.79 Å². The summed E-state index contributed by atoms with van der Waals surface area (Å²) in [6, 6.07) is 5.26. The maximum Gasteiger partial charge on any atom is 0.344 e. The highest BCUT2D eigenvalue weighted by Gasteiger charge is 2.21. The van der Waals surface area contributed by atoms with Gasteiger partial charge in [0, 0.05) is 5.69 Å². The van der Waals surface area contributed by atoms with Gasteiger partial charge in [-0.1, -0.05) is 12.1 Å². The molecule has 0 unspecified atom stereocenters. The number of carbonyl (C=O) groups excluding carboxylic acids is 2. The van der Waals surface area contributed by atoms with Crippen molar-refractivity contribution in [2.75, 3.05) is 11.9 Å². The number of esters is 1. The Labute approximate surface area is 126 Å². The molecule has 0 aliphatic heterocycles. The summed E-state index contributed by atoms with van der Waals surface area (Å²) in [4.78, 5) is 23.6. The summed E-state index contributed by atoms with van der Waals surface area (Å²) in [5.74, 6) is -1.24. The first kappa shape index (κ1) is 15.7. The number of carbonyl (C=O) groups is 2. The van der Waals surface area contributed by atoms with Gasteiger partial charge >= 0.3 is 5.97 Å². The van der Waals surface area contributed by atoms with Crippen LogP contribution in [0.15, 0.2) is 28.8 Å². The zero-order valence-electron chi connectivity index (χ0n) is 12.2. The van der Waals surface area contributed by atoms with Crippen molar-refractivity contribution in [1.82, 2.24) is 5.16 Å². The minimum atomic E-state index is -0.662. The smallest absolute Gasteiger partial charge is 0.344 e. The summed E-state index contributed by atoms with van der Waals surface area (Å²) in [5.41, 5.74) is 1.15. The number of hydrogen-bond acceptors (Lipinski definition) is 5. The van der Waals surface area contributed by atoms with Crippen molar-refractivity contribution >= 4 is 17.6 Å². The molecule has 0 bridgehead atoms. The molecule has 1 N–H and O–H groups in total. The number of aryl methyl sites for hydroxylation is 2. The molecule has 116 valence electrons. The molecule has 0 spiro atoms. The first-order chi connectivity index (χ1) is 10.5. The van der Waals surface area contributed by atoms with E-state index in [0.29, 0.717) is 23.6 Å². The van der Waals surface area contributed by atoms with Crippen molar-refractivity contribution in [3.8, 4) is 0 Å². The van der Waals surface area contributed by atoms with Crippen LogP contribution in [-0.2, 0) is 16.0 Å². The van der Waals surface area contributed by atoms with E-state index in [9.17, 15) is 14.0 Å². The second-order valence-corrected chi connectivity index (χ2v) is 4.55. The SMILES string of the molecule is CCc1noc(C)c1C(=O)OCC(=O)Nc1ccc(F)cc1. The third-order valence-corrected chi connectivity index (χ3v) is 2.93. The van der Waals surface area contributed by atoms with Crippen molar-refractivity contribution in [3.63, 3.8) is 0 Å². The third kappa shape index (κ3) is 3.69. The van der Waals surface area contributed by atoms with Gasteiger partial charge in [0.2, 0.25) is 0 Å². The number of nitrogens with one attached hydrogen (secondary N) is 1. The van der Waals surface area contributed by atoms with Crippen LogP contribution in [0.2, 0.25) is 0 Å². The van der Waals surface area contributed by atoms with Crippen LogP contribution < -0.4 is 5.32 Å². The van der Waals surface area contributed by atoms with Crippen LogP contribution in [0.3, 0.4) is 0 Å². The van der Waals surface area contributed by atoms with Gasteiger partial charge in [0.1, 0.15) is 17.1 Å². The van der Waals surface area contributed by atoms with Gasteiger partial charge in [0.25, 0.3) is 5.91 Å². The molecule has 1 heterocycles. The molecule has 0 saturated heterocycles. The van der Waals surface area contributed by atoms with Crippen molar-refractivity contribution < 1.29 is 23.2 Å². The van der Waals surface area contributed by atoms with Crippen molar-refractivity contribution in [2.45, 2.75) is 20.3 Å². The van der Waals surface area contributed by atoms with E-state index in [2.05, 4.69) is 10.5 Å². The van der Waals surface area contributed by atoms with Crippen molar-refractivity contribution in [1.29, 1.82) is 0 Å². The maximum absolute atomic E-state index is 12.7. The van der Waals surface area contributed by atoms with Crippen LogP contribution >= 0.6 is 0 Å². The van der Waals surface area contributed by atoms with E-state index in [-0.39, 0.29) is 5.56 Å². The van der Waals surface area contributed by atoms with Gasteiger partial charge in [-0.15, -0.1) is 0 Å². The summed E-state index contributed by atoms with van der Waals surface area (Å²) in [6.07, 6.45) is 0.517. The van der Waals surface area contributed by atoms with E-state index in [1.807, 2.05) is 6.92 Å². The third-order valence-electron chi connectivity index (χ3n) is 2.93. The van der Waals surface area contributed by atoms with Gasteiger partial charge in [0.15, 0.2) is 6.61 Å². The fourth-order valence-electron chi connectivity index (χ4n) is 1.85. The average molecular weight is 306 g/mol. The molecule has 0 radical (unpaired) electrons. The van der Waals surface area contributed by atoms with E-state index in [1.54, 1.807) is 6.92 Å². The van der Waals surface area contributed by atoms with E-state index >= 15 is 0 Å². The zero-order chi connectivity index (χ0) is 16.1. The molecule has 7 heteroatoms. The molecule has 1 amide bonds. The molecule has 22 heavy (non-hydrogen) atoms. The number of ether oxygens (including phenoxy) is 1. The molecule has 0 saturated carbocycles. The molecular formula is C15H15FN2O4. The number of anilines is 1. The Hall–Kier alpha value is -2.70. The first-order valence-electron chi connectivity index (χ1n) is 6.69. The van der Waals surface area contributed by atoms with Crippen LogP contribution in [0.25, 0.3) is 0 Å². The highest BCUT2D eigenvalue weighted by atomic mass is 19.1. The fraction of sp³-hybridized carbons (Fsp3) is 0.267. The lowest BCUT2D eigenvalue weighted by atomic mass is 10.1. The Bertz CT molecular complexity index is 679. The number of rotatable bonds is 5. The molecule has 6 nitrogen and oxygen atoms in total. The number of aromatic nitrogens is 1. The number of halogens is 1. The predicted octanol–water partition coefficient (Wildman–Crippen LogP) is 2.48. The molecule has 1 aromatic heterocycles. The van der Waals surface area contributed by atoms with Crippen LogP contribution in [0, 0.1) is 12.7 Å². The number of nitrogens with zero attached hydrogens (tertiary/aromatic N) is 1. The van der Waals surface area contributed by atoms with Crippen molar-refractivity contribution in [2.24, 2.45) is 0 Å². The maximum atomic E-state index is 12.7. The molecule has 2 aromatic rings. The summed E-state index contributed by atoms with van der Waals surface area (Å²) >= 11 is 0. The number of hydrogen-bond donors (Lipinski definition) is 1. The monoisotopic (exact) mass is 306 g/mol. The molecule has 0 aliphatic carbocycles. The van der Waals surface area contributed by atoms with Crippen LogP contribution in [0.4, 0.5) is 10.1 Å². The highest BCUT2D eigenvalue weighted by Crippen LogP contribution is 2.15. The van der Waals surface area contributed by atoms with E-state index in [4.69, 9.17) is 9.26 Å². The quantitative estimate of drug-likeness (QED) is 0.858. The van der Waals surface area contributed by atoms with Crippen LogP contribution in [-0.4, -0.2) is 23.6 Å². The Morgan fingerprint density at radius 1 is 1.32 bits per heavy atom. The van der Waals surface area contributed by atoms with Crippen molar-refractivity contribution in [3.05, 3.63) is 47.1 Å². The first-order valence-corrected chi connectivity index (χ1v) is 6.69. The lowest BCUT2D eigenvalue weighted by molar-refractivity contribution is -0.119. The molecule has 0 aliphatic rings. The van der Waals surface area contributed by atoms with Gasteiger partial charge in [-0.25, -0.2) is 9.18 Å². The van der Waals surface area contributed by atoms with Gasteiger partial charge in [0.05, 0.1) is 5.69 Å². The Morgan fingerprint density at radius 3 is 2.64 bits per heavy atom. The molecule has 0 fully saturated rings. The largest absolute Gasteiger partial charge is 0.452 e. The lowest BCUT2D eigenvalue weighted by Gasteiger charge is -2.06. The van der Waals surface area contributed by atoms with Gasteiger partial charge in [-0.05, 0) is 37.6 Å². The van der Waals surface area contributed by atoms with Gasteiger partial charge in [-0.2, -0.15) is 0 Å². The molecule has 2 rings (SSSR count). The normalized spacial score (nSPS) is 10.3.